The maximum absolute atomic E-state index is 13.0. The molecule has 2 aliphatic rings. The van der Waals surface area contributed by atoms with E-state index in [1.165, 1.54) is 16.3 Å². The van der Waals surface area contributed by atoms with Crippen molar-refractivity contribution in [2.24, 2.45) is 0 Å². The van der Waals surface area contributed by atoms with Crippen LogP contribution in [0.15, 0.2) is 60.9 Å². The highest BCUT2D eigenvalue weighted by atomic mass is 16.2. The lowest BCUT2D eigenvalue weighted by Crippen LogP contribution is -2.50. The molecular formula is C22H24N4O. The van der Waals surface area contributed by atoms with E-state index in [9.17, 15) is 4.79 Å². The van der Waals surface area contributed by atoms with Gasteiger partial charge in [-0.3, -0.25) is 4.68 Å². The van der Waals surface area contributed by atoms with E-state index in [0.717, 1.165) is 25.7 Å². The first-order valence-electron chi connectivity index (χ1n) is 9.81. The Balaban J connectivity index is 1.28. The van der Waals surface area contributed by atoms with Gasteiger partial charge in [0, 0.05) is 31.0 Å². The Bertz CT molecular complexity index is 933. The van der Waals surface area contributed by atoms with E-state index in [1.54, 1.807) is 0 Å². The molecular weight excluding hydrogens is 336 g/mol. The van der Waals surface area contributed by atoms with Crippen LogP contribution < -0.4 is 5.32 Å². The van der Waals surface area contributed by atoms with Crippen molar-refractivity contribution < 1.29 is 4.79 Å². The highest BCUT2D eigenvalue weighted by Gasteiger charge is 2.43. The molecule has 2 bridgehead atoms. The van der Waals surface area contributed by atoms with E-state index in [-0.39, 0.29) is 6.03 Å². The summed E-state index contributed by atoms with van der Waals surface area (Å²) >= 11 is 0. The Morgan fingerprint density at radius 3 is 2.56 bits per heavy atom. The van der Waals surface area contributed by atoms with Gasteiger partial charge < -0.3 is 10.2 Å². The first-order valence-corrected chi connectivity index (χ1v) is 9.81. The van der Waals surface area contributed by atoms with Gasteiger partial charge >= 0.3 is 6.03 Å². The third-order valence-electron chi connectivity index (χ3n) is 6.15. The van der Waals surface area contributed by atoms with Crippen LogP contribution in [0.25, 0.3) is 10.8 Å². The minimum absolute atomic E-state index is 0.0781. The molecule has 3 aromatic rings. The van der Waals surface area contributed by atoms with Gasteiger partial charge in [0.25, 0.3) is 0 Å². The molecule has 138 valence electrons. The molecule has 27 heavy (non-hydrogen) atoms. The molecule has 0 radical (unpaired) electrons. The predicted octanol–water partition coefficient (Wildman–Crippen LogP) is 4.11. The number of benzene rings is 2. The minimum atomic E-state index is 0.0781. The molecule has 2 saturated heterocycles. The molecule has 2 fully saturated rings. The maximum Gasteiger partial charge on any atom is 0.318 e. The third-order valence-corrected chi connectivity index (χ3v) is 6.15. The standard InChI is InChI=1S/C22H24N4O/c27-22(23-15-17-7-3-6-16-5-1-2-8-21(16)17)26-18-9-10-19(26)14-20(13-18)25-12-4-11-24-25/h1-8,11-12,18-20H,9-10,13-15H2,(H,23,27). The van der Waals surface area contributed by atoms with Crippen LogP contribution in [0, 0.1) is 0 Å². The molecule has 1 aromatic heterocycles. The molecule has 3 heterocycles. The number of carbonyl (C=O) groups excluding carboxylic acids is 1. The topological polar surface area (TPSA) is 50.2 Å². The molecule has 2 unspecified atom stereocenters. The second-order valence-corrected chi connectivity index (χ2v) is 7.70. The number of amides is 2. The molecule has 2 atom stereocenters. The van der Waals surface area contributed by atoms with E-state index in [4.69, 9.17) is 0 Å². The highest BCUT2D eigenvalue weighted by Crippen LogP contribution is 2.40. The van der Waals surface area contributed by atoms with Crippen LogP contribution in [0.5, 0.6) is 0 Å². The Morgan fingerprint density at radius 1 is 1.00 bits per heavy atom. The molecule has 2 aliphatic heterocycles. The number of carbonyl (C=O) groups is 1. The van der Waals surface area contributed by atoms with E-state index < -0.39 is 0 Å². The fraction of sp³-hybridized carbons (Fsp3) is 0.364. The lowest BCUT2D eigenvalue weighted by molar-refractivity contribution is 0.120. The number of rotatable bonds is 3. The lowest BCUT2D eigenvalue weighted by atomic mass is 9.98. The van der Waals surface area contributed by atoms with E-state index in [1.807, 2.05) is 30.6 Å². The molecule has 5 nitrogen and oxygen atoms in total. The van der Waals surface area contributed by atoms with Gasteiger partial charge in [0.2, 0.25) is 0 Å². The van der Waals surface area contributed by atoms with Gasteiger partial charge in [0.1, 0.15) is 0 Å². The number of fused-ring (bicyclic) bond motifs is 3. The Kier molecular flexibility index (Phi) is 4.07. The van der Waals surface area contributed by atoms with Crippen LogP contribution in [0.2, 0.25) is 0 Å². The van der Waals surface area contributed by atoms with E-state index >= 15 is 0 Å². The summed E-state index contributed by atoms with van der Waals surface area (Å²) in [6.45, 7) is 0.568. The Morgan fingerprint density at radius 2 is 1.78 bits per heavy atom. The number of hydrogen-bond acceptors (Lipinski definition) is 2. The minimum Gasteiger partial charge on any atom is -0.334 e. The van der Waals surface area contributed by atoms with Crippen molar-refractivity contribution in [1.29, 1.82) is 0 Å². The average Bonchev–Trinajstić information content (AvgIpc) is 3.33. The molecule has 2 amide bonds. The average molecular weight is 360 g/mol. The normalized spacial score (nSPS) is 24.3. The fourth-order valence-electron chi connectivity index (χ4n) is 4.90. The first-order chi connectivity index (χ1) is 13.3. The van der Waals surface area contributed by atoms with Gasteiger partial charge in [-0.1, -0.05) is 42.5 Å². The van der Waals surface area contributed by atoms with Gasteiger partial charge in [-0.2, -0.15) is 5.10 Å². The van der Waals surface area contributed by atoms with Crippen molar-refractivity contribution in [2.45, 2.75) is 50.4 Å². The summed E-state index contributed by atoms with van der Waals surface area (Å²) < 4.78 is 2.07. The summed E-state index contributed by atoms with van der Waals surface area (Å²) in [4.78, 5) is 15.1. The number of nitrogens with one attached hydrogen (secondary N) is 1. The van der Waals surface area contributed by atoms with Crippen molar-refractivity contribution in [3.8, 4) is 0 Å². The molecule has 2 aromatic carbocycles. The summed E-state index contributed by atoms with van der Waals surface area (Å²) in [7, 11) is 0. The van der Waals surface area contributed by atoms with E-state index in [2.05, 4.69) is 50.3 Å². The third kappa shape index (κ3) is 2.97. The summed E-state index contributed by atoms with van der Waals surface area (Å²) in [5.74, 6) is 0. The van der Waals surface area contributed by atoms with Crippen LogP contribution in [0.1, 0.15) is 37.3 Å². The Labute approximate surface area is 159 Å². The second-order valence-electron chi connectivity index (χ2n) is 7.70. The van der Waals surface area contributed by atoms with Crippen LogP contribution in [-0.2, 0) is 6.54 Å². The molecule has 0 spiro atoms. The number of aromatic nitrogens is 2. The zero-order valence-corrected chi connectivity index (χ0v) is 15.3. The maximum atomic E-state index is 13.0. The predicted molar refractivity (Wildman–Crippen MR) is 105 cm³/mol. The number of nitrogens with zero attached hydrogens (tertiary/aromatic N) is 3. The zero-order chi connectivity index (χ0) is 18.2. The van der Waals surface area contributed by atoms with Gasteiger partial charge in [-0.15, -0.1) is 0 Å². The van der Waals surface area contributed by atoms with Crippen LogP contribution in [0.4, 0.5) is 4.79 Å². The molecule has 5 heteroatoms. The SMILES string of the molecule is O=C(NCc1cccc2ccccc12)N1C2CCC1CC(n1cccn1)C2. The summed E-state index contributed by atoms with van der Waals surface area (Å²) in [6, 6.07) is 17.7. The number of hydrogen-bond donors (Lipinski definition) is 1. The highest BCUT2D eigenvalue weighted by molar-refractivity contribution is 5.86. The number of urea groups is 1. The van der Waals surface area contributed by atoms with Crippen LogP contribution >= 0.6 is 0 Å². The fourth-order valence-corrected chi connectivity index (χ4v) is 4.90. The molecule has 0 saturated carbocycles. The summed E-state index contributed by atoms with van der Waals surface area (Å²) in [5.41, 5.74) is 1.17. The smallest absolute Gasteiger partial charge is 0.318 e. The van der Waals surface area contributed by atoms with Crippen molar-refractivity contribution in [3.05, 3.63) is 66.5 Å². The van der Waals surface area contributed by atoms with Crippen molar-refractivity contribution >= 4 is 16.8 Å². The van der Waals surface area contributed by atoms with Gasteiger partial charge in [-0.25, -0.2) is 4.79 Å². The largest absolute Gasteiger partial charge is 0.334 e. The van der Waals surface area contributed by atoms with E-state index in [0.29, 0.717) is 24.7 Å². The first kappa shape index (κ1) is 16.4. The monoisotopic (exact) mass is 360 g/mol. The van der Waals surface area contributed by atoms with Crippen molar-refractivity contribution in [3.63, 3.8) is 0 Å². The molecule has 5 rings (SSSR count). The molecule has 1 N–H and O–H groups in total. The molecule has 0 aliphatic carbocycles. The van der Waals surface area contributed by atoms with Gasteiger partial charge in [-0.05, 0) is 48.1 Å². The van der Waals surface area contributed by atoms with Gasteiger partial charge in [0.15, 0.2) is 0 Å². The number of piperidine rings is 1. The van der Waals surface area contributed by atoms with Crippen molar-refractivity contribution in [2.75, 3.05) is 0 Å². The second kappa shape index (κ2) is 6.72. The quantitative estimate of drug-likeness (QED) is 0.764. The summed E-state index contributed by atoms with van der Waals surface area (Å²) in [5, 5.41) is 10.0. The zero-order valence-electron chi connectivity index (χ0n) is 15.3. The van der Waals surface area contributed by atoms with Crippen molar-refractivity contribution in [1.82, 2.24) is 20.0 Å². The van der Waals surface area contributed by atoms with Crippen LogP contribution in [0.3, 0.4) is 0 Å². The lowest BCUT2D eigenvalue weighted by Gasteiger charge is -2.39. The van der Waals surface area contributed by atoms with Gasteiger partial charge in [0.05, 0.1) is 6.04 Å². The Hall–Kier alpha value is -2.82. The summed E-state index contributed by atoms with van der Waals surface area (Å²) in [6.07, 6.45) is 8.08. The van der Waals surface area contributed by atoms with Crippen LogP contribution in [-0.4, -0.2) is 32.8 Å².